The minimum atomic E-state index is -0.719. The minimum Gasteiger partial charge on any atom is -0.392 e. The van der Waals surface area contributed by atoms with Gasteiger partial charge in [0.1, 0.15) is 0 Å². The first-order chi connectivity index (χ1) is 12.5. The fourth-order valence-electron chi connectivity index (χ4n) is 2.79. The number of carbonyl (C=O) groups excluding carboxylic acids is 2. The molecule has 0 unspecified atom stereocenters. The van der Waals surface area contributed by atoms with Crippen LogP contribution >= 0.6 is 0 Å². The molecule has 26 heavy (non-hydrogen) atoms. The Kier molecular flexibility index (Phi) is 4.81. The summed E-state index contributed by atoms with van der Waals surface area (Å²) in [6, 6.07) is 13.5. The third-order valence-corrected chi connectivity index (χ3v) is 4.05. The Morgan fingerprint density at radius 2 is 2.04 bits per heavy atom. The van der Waals surface area contributed by atoms with E-state index in [1.165, 1.54) is 4.68 Å². The number of anilines is 1. The zero-order valence-corrected chi connectivity index (χ0v) is 14.1. The second-order valence-corrected chi connectivity index (χ2v) is 5.82. The Hall–Kier alpha value is -3.45. The molecule has 3 aromatic rings. The maximum atomic E-state index is 11.5. The summed E-state index contributed by atoms with van der Waals surface area (Å²) >= 11 is 0. The summed E-state index contributed by atoms with van der Waals surface area (Å²) in [6.45, 7) is 1.91. The highest BCUT2D eigenvalue weighted by Crippen LogP contribution is 2.26. The van der Waals surface area contributed by atoms with Crippen LogP contribution in [-0.2, 0) is 11.4 Å². The van der Waals surface area contributed by atoms with Crippen molar-refractivity contribution in [2.45, 2.75) is 13.5 Å². The Morgan fingerprint density at radius 3 is 2.69 bits per heavy atom. The number of amides is 2. The Labute approximate surface area is 150 Å². The van der Waals surface area contributed by atoms with Crippen molar-refractivity contribution in [3.05, 3.63) is 65.5 Å². The van der Waals surface area contributed by atoms with Crippen molar-refractivity contribution in [2.24, 2.45) is 5.73 Å². The van der Waals surface area contributed by atoms with Gasteiger partial charge in [-0.1, -0.05) is 24.3 Å². The summed E-state index contributed by atoms with van der Waals surface area (Å²) in [6.07, 6.45) is 2.01. The lowest BCUT2D eigenvalue weighted by Crippen LogP contribution is -2.14. The lowest BCUT2D eigenvalue weighted by Gasteiger charge is -2.10. The zero-order chi connectivity index (χ0) is 18.7. The molecule has 1 aromatic heterocycles. The molecule has 2 aromatic carbocycles. The van der Waals surface area contributed by atoms with Crippen molar-refractivity contribution >= 4 is 18.0 Å². The Morgan fingerprint density at radius 1 is 1.27 bits per heavy atom. The number of rotatable bonds is 6. The molecule has 0 spiro atoms. The van der Waals surface area contributed by atoms with E-state index in [1.807, 2.05) is 49.4 Å². The number of nitrogens with zero attached hydrogens (tertiary/aromatic N) is 2. The molecule has 0 bridgehead atoms. The summed E-state index contributed by atoms with van der Waals surface area (Å²) in [5.74, 6) is -0.719. The van der Waals surface area contributed by atoms with E-state index >= 15 is 0 Å². The standard InChI is InChI=1S/C19H18N4O3/c1-12-7-15(14-4-2-3-13(8-14)10-24)5-6-17(12)23-9-16(21-11-25)18(22-23)19(20)26/h2-9,11,24H,10H2,1H3,(H2,20,26)(H,21,25). The molecule has 4 N–H and O–H groups in total. The average Bonchev–Trinajstić information content (AvgIpc) is 3.06. The molecule has 0 saturated heterocycles. The average molecular weight is 350 g/mol. The second-order valence-electron chi connectivity index (χ2n) is 5.82. The van der Waals surface area contributed by atoms with Gasteiger partial charge in [-0.05, 0) is 47.4 Å². The van der Waals surface area contributed by atoms with Crippen molar-refractivity contribution in [1.82, 2.24) is 9.78 Å². The van der Waals surface area contributed by atoms with Crippen LogP contribution in [0.1, 0.15) is 21.6 Å². The Balaban J connectivity index is 2.01. The van der Waals surface area contributed by atoms with Crippen LogP contribution in [0.5, 0.6) is 0 Å². The lowest BCUT2D eigenvalue weighted by atomic mass is 10.0. The van der Waals surface area contributed by atoms with E-state index in [9.17, 15) is 14.7 Å². The molecule has 7 heteroatoms. The molecule has 0 fully saturated rings. The van der Waals surface area contributed by atoms with Crippen molar-refractivity contribution in [3.63, 3.8) is 0 Å². The van der Waals surface area contributed by atoms with Crippen molar-refractivity contribution in [2.75, 3.05) is 5.32 Å². The number of aryl methyl sites for hydroxylation is 1. The van der Waals surface area contributed by atoms with E-state index in [2.05, 4.69) is 10.4 Å². The number of aromatic nitrogens is 2. The SMILES string of the molecule is Cc1cc(-c2cccc(CO)c2)ccc1-n1cc(NC=O)c(C(N)=O)n1. The molecule has 0 aliphatic heterocycles. The normalized spacial score (nSPS) is 10.5. The number of nitrogens with one attached hydrogen (secondary N) is 1. The monoisotopic (exact) mass is 350 g/mol. The van der Waals surface area contributed by atoms with Gasteiger partial charge in [0, 0.05) is 0 Å². The van der Waals surface area contributed by atoms with E-state index in [0.717, 1.165) is 27.9 Å². The van der Waals surface area contributed by atoms with Gasteiger partial charge in [0.05, 0.1) is 24.2 Å². The number of primary amides is 1. The molecule has 3 rings (SSSR count). The minimum absolute atomic E-state index is 0.00350. The van der Waals surface area contributed by atoms with Gasteiger partial charge >= 0.3 is 0 Å². The third kappa shape index (κ3) is 3.33. The highest BCUT2D eigenvalue weighted by molar-refractivity contribution is 5.98. The molecular weight excluding hydrogens is 332 g/mol. The molecule has 0 radical (unpaired) electrons. The van der Waals surface area contributed by atoms with Crippen LogP contribution in [0.15, 0.2) is 48.7 Å². The molecule has 0 atom stereocenters. The van der Waals surface area contributed by atoms with Crippen LogP contribution < -0.4 is 11.1 Å². The number of aliphatic hydroxyl groups is 1. The van der Waals surface area contributed by atoms with E-state index in [1.54, 1.807) is 6.20 Å². The Bertz CT molecular complexity index is 979. The summed E-state index contributed by atoms with van der Waals surface area (Å²) in [5.41, 5.74) is 10.1. The molecule has 7 nitrogen and oxygen atoms in total. The smallest absolute Gasteiger partial charge is 0.271 e. The summed E-state index contributed by atoms with van der Waals surface area (Å²) in [5, 5.41) is 15.9. The van der Waals surface area contributed by atoms with E-state index in [-0.39, 0.29) is 18.0 Å². The molecule has 0 saturated carbocycles. The molecule has 1 heterocycles. The number of aliphatic hydroxyl groups excluding tert-OH is 1. The van der Waals surface area contributed by atoms with Crippen LogP contribution in [0.3, 0.4) is 0 Å². The van der Waals surface area contributed by atoms with E-state index < -0.39 is 5.91 Å². The number of carbonyl (C=O) groups is 2. The largest absolute Gasteiger partial charge is 0.392 e. The summed E-state index contributed by atoms with van der Waals surface area (Å²) < 4.78 is 1.51. The molecule has 2 amide bonds. The maximum Gasteiger partial charge on any atom is 0.271 e. The first kappa shape index (κ1) is 17.4. The van der Waals surface area contributed by atoms with E-state index in [0.29, 0.717) is 6.41 Å². The molecule has 132 valence electrons. The predicted molar refractivity (Wildman–Crippen MR) is 97.9 cm³/mol. The number of benzene rings is 2. The number of hydrogen-bond acceptors (Lipinski definition) is 4. The van der Waals surface area contributed by atoms with Gasteiger partial charge < -0.3 is 16.2 Å². The van der Waals surface area contributed by atoms with Crippen LogP contribution in [-0.4, -0.2) is 27.2 Å². The van der Waals surface area contributed by atoms with Gasteiger partial charge in [-0.25, -0.2) is 4.68 Å². The highest BCUT2D eigenvalue weighted by atomic mass is 16.3. The molecule has 0 aliphatic rings. The summed E-state index contributed by atoms with van der Waals surface area (Å²) in [7, 11) is 0. The first-order valence-electron chi connectivity index (χ1n) is 7.94. The summed E-state index contributed by atoms with van der Waals surface area (Å²) in [4.78, 5) is 22.2. The maximum absolute atomic E-state index is 11.5. The van der Waals surface area contributed by atoms with Crippen LogP contribution in [0.4, 0.5) is 5.69 Å². The van der Waals surface area contributed by atoms with Crippen LogP contribution in [0, 0.1) is 6.92 Å². The van der Waals surface area contributed by atoms with Crippen LogP contribution in [0.25, 0.3) is 16.8 Å². The quantitative estimate of drug-likeness (QED) is 0.591. The number of nitrogens with two attached hydrogens (primary N) is 1. The van der Waals surface area contributed by atoms with E-state index in [4.69, 9.17) is 5.73 Å². The van der Waals surface area contributed by atoms with Gasteiger partial charge in [0.15, 0.2) is 5.69 Å². The van der Waals surface area contributed by atoms with Crippen molar-refractivity contribution in [3.8, 4) is 16.8 Å². The predicted octanol–water partition coefficient (Wildman–Crippen LogP) is 2.01. The fraction of sp³-hybridized carbons (Fsp3) is 0.105. The van der Waals surface area contributed by atoms with Gasteiger partial charge in [0.25, 0.3) is 5.91 Å². The molecule has 0 aliphatic carbocycles. The van der Waals surface area contributed by atoms with Crippen LogP contribution in [0.2, 0.25) is 0 Å². The second kappa shape index (κ2) is 7.20. The number of hydrogen-bond donors (Lipinski definition) is 3. The lowest BCUT2D eigenvalue weighted by molar-refractivity contribution is -0.105. The first-order valence-corrected chi connectivity index (χ1v) is 7.94. The topological polar surface area (TPSA) is 110 Å². The van der Waals surface area contributed by atoms with Gasteiger partial charge in [-0.3, -0.25) is 9.59 Å². The molecular formula is C19H18N4O3. The van der Waals surface area contributed by atoms with Crippen molar-refractivity contribution in [1.29, 1.82) is 0 Å². The highest BCUT2D eigenvalue weighted by Gasteiger charge is 2.15. The van der Waals surface area contributed by atoms with Gasteiger partial charge in [0.2, 0.25) is 6.41 Å². The zero-order valence-electron chi connectivity index (χ0n) is 14.1. The van der Waals surface area contributed by atoms with Gasteiger partial charge in [-0.15, -0.1) is 0 Å². The van der Waals surface area contributed by atoms with Gasteiger partial charge in [-0.2, -0.15) is 5.10 Å². The fourth-order valence-corrected chi connectivity index (χ4v) is 2.79. The van der Waals surface area contributed by atoms with Crippen molar-refractivity contribution < 1.29 is 14.7 Å². The third-order valence-electron chi connectivity index (χ3n) is 4.05.